The number of likely N-dealkylation sites (tertiary alicyclic amines) is 1. The Morgan fingerprint density at radius 3 is 2.50 bits per heavy atom. The standard InChI is InChI=1S/C11H18N2O/c1-4-11(3,5-2)13-8-9(7-12)6-10(13)14/h9H,4-6,8H2,1-3H3. The van der Waals surface area contributed by atoms with Crippen LogP contribution in [0.1, 0.15) is 40.0 Å². The fourth-order valence-electron chi connectivity index (χ4n) is 1.95. The van der Waals surface area contributed by atoms with Crippen molar-refractivity contribution < 1.29 is 4.79 Å². The summed E-state index contributed by atoms with van der Waals surface area (Å²) in [5.41, 5.74) is -0.0529. The van der Waals surface area contributed by atoms with Crippen molar-refractivity contribution >= 4 is 5.91 Å². The van der Waals surface area contributed by atoms with Gasteiger partial charge in [0.1, 0.15) is 0 Å². The lowest BCUT2D eigenvalue weighted by atomic mass is 9.93. The molecular formula is C11H18N2O. The molecule has 1 saturated heterocycles. The van der Waals surface area contributed by atoms with Crippen LogP contribution in [-0.2, 0) is 4.79 Å². The van der Waals surface area contributed by atoms with E-state index in [1.54, 1.807) is 0 Å². The van der Waals surface area contributed by atoms with Crippen LogP contribution in [0.15, 0.2) is 0 Å². The summed E-state index contributed by atoms with van der Waals surface area (Å²) >= 11 is 0. The number of nitriles is 1. The van der Waals surface area contributed by atoms with Crippen molar-refractivity contribution in [2.45, 2.75) is 45.6 Å². The van der Waals surface area contributed by atoms with Gasteiger partial charge in [-0.05, 0) is 19.8 Å². The molecule has 0 radical (unpaired) electrons. The van der Waals surface area contributed by atoms with Crippen LogP contribution in [-0.4, -0.2) is 22.9 Å². The smallest absolute Gasteiger partial charge is 0.224 e. The van der Waals surface area contributed by atoms with Gasteiger partial charge in [0, 0.05) is 18.5 Å². The molecule has 3 nitrogen and oxygen atoms in total. The summed E-state index contributed by atoms with van der Waals surface area (Å²) in [7, 11) is 0. The van der Waals surface area contributed by atoms with Crippen molar-refractivity contribution in [1.82, 2.24) is 4.90 Å². The molecule has 1 rings (SSSR count). The first kappa shape index (κ1) is 11.0. The van der Waals surface area contributed by atoms with Crippen LogP contribution in [0.5, 0.6) is 0 Å². The van der Waals surface area contributed by atoms with Gasteiger partial charge in [0.25, 0.3) is 0 Å². The summed E-state index contributed by atoms with van der Waals surface area (Å²) in [5.74, 6) is 0.0441. The minimum Gasteiger partial charge on any atom is -0.336 e. The molecule has 1 unspecified atom stereocenters. The molecule has 1 fully saturated rings. The van der Waals surface area contributed by atoms with Crippen molar-refractivity contribution in [2.24, 2.45) is 5.92 Å². The molecule has 1 aliphatic heterocycles. The number of rotatable bonds is 3. The average molecular weight is 194 g/mol. The van der Waals surface area contributed by atoms with E-state index in [2.05, 4.69) is 26.8 Å². The molecule has 0 aliphatic carbocycles. The SMILES string of the molecule is CCC(C)(CC)N1CC(C#N)CC1=O. The Bertz CT molecular complexity index is 263. The van der Waals surface area contributed by atoms with Gasteiger partial charge in [0.2, 0.25) is 5.91 Å². The largest absolute Gasteiger partial charge is 0.336 e. The minimum absolute atomic E-state index is 0.0529. The summed E-state index contributed by atoms with van der Waals surface area (Å²) in [6.45, 7) is 6.91. The zero-order valence-corrected chi connectivity index (χ0v) is 9.21. The third-order valence-corrected chi connectivity index (χ3v) is 3.48. The Morgan fingerprint density at radius 2 is 2.14 bits per heavy atom. The zero-order valence-electron chi connectivity index (χ0n) is 9.21. The molecule has 1 aliphatic rings. The number of amides is 1. The Kier molecular flexibility index (Phi) is 3.15. The predicted octanol–water partition coefficient (Wildman–Crippen LogP) is 1.94. The van der Waals surface area contributed by atoms with E-state index in [-0.39, 0.29) is 17.4 Å². The highest BCUT2D eigenvalue weighted by Gasteiger charge is 2.39. The van der Waals surface area contributed by atoms with Crippen LogP contribution in [0, 0.1) is 17.2 Å². The maximum Gasteiger partial charge on any atom is 0.224 e. The highest BCUT2D eigenvalue weighted by atomic mass is 16.2. The van der Waals surface area contributed by atoms with Gasteiger partial charge in [-0.2, -0.15) is 5.26 Å². The van der Waals surface area contributed by atoms with E-state index < -0.39 is 0 Å². The van der Waals surface area contributed by atoms with Crippen LogP contribution < -0.4 is 0 Å². The molecule has 1 heterocycles. The molecular weight excluding hydrogens is 176 g/mol. The molecule has 0 bridgehead atoms. The van der Waals surface area contributed by atoms with Gasteiger partial charge in [-0.15, -0.1) is 0 Å². The fraction of sp³-hybridized carbons (Fsp3) is 0.818. The van der Waals surface area contributed by atoms with Crippen molar-refractivity contribution in [1.29, 1.82) is 5.26 Å². The van der Waals surface area contributed by atoms with Crippen LogP contribution in [0.2, 0.25) is 0 Å². The molecule has 0 N–H and O–H groups in total. The zero-order chi connectivity index (χ0) is 10.8. The lowest BCUT2D eigenvalue weighted by molar-refractivity contribution is -0.133. The first-order chi connectivity index (χ1) is 6.57. The van der Waals surface area contributed by atoms with Gasteiger partial charge in [-0.3, -0.25) is 4.79 Å². The summed E-state index contributed by atoms with van der Waals surface area (Å²) in [5, 5.41) is 8.78. The van der Waals surface area contributed by atoms with Gasteiger partial charge in [-0.25, -0.2) is 0 Å². The van der Waals surface area contributed by atoms with E-state index in [1.807, 2.05) is 4.90 Å². The van der Waals surface area contributed by atoms with Gasteiger partial charge >= 0.3 is 0 Å². The number of carbonyl (C=O) groups excluding carboxylic acids is 1. The first-order valence-electron chi connectivity index (χ1n) is 5.27. The highest BCUT2D eigenvalue weighted by molar-refractivity contribution is 5.80. The Labute approximate surface area is 85.7 Å². The molecule has 1 amide bonds. The molecule has 0 spiro atoms. The molecule has 14 heavy (non-hydrogen) atoms. The summed E-state index contributed by atoms with van der Waals surface area (Å²) in [6, 6.07) is 2.18. The first-order valence-corrected chi connectivity index (χ1v) is 5.27. The molecule has 0 aromatic carbocycles. The second kappa shape index (κ2) is 4.00. The van der Waals surface area contributed by atoms with E-state index in [4.69, 9.17) is 5.26 Å². The number of hydrogen-bond donors (Lipinski definition) is 0. The second-order valence-corrected chi connectivity index (χ2v) is 4.24. The van der Waals surface area contributed by atoms with Crippen molar-refractivity contribution in [3.63, 3.8) is 0 Å². The lowest BCUT2D eigenvalue weighted by Gasteiger charge is -2.37. The molecule has 0 aromatic heterocycles. The Balaban J connectivity index is 2.79. The molecule has 0 aromatic rings. The Morgan fingerprint density at radius 1 is 1.57 bits per heavy atom. The average Bonchev–Trinajstić information content (AvgIpc) is 2.59. The van der Waals surface area contributed by atoms with Gasteiger partial charge in [0.05, 0.1) is 12.0 Å². The number of carbonyl (C=O) groups is 1. The monoisotopic (exact) mass is 194 g/mol. The quantitative estimate of drug-likeness (QED) is 0.689. The summed E-state index contributed by atoms with van der Waals surface area (Å²) < 4.78 is 0. The number of hydrogen-bond acceptors (Lipinski definition) is 2. The minimum atomic E-state index is -0.0973. The molecule has 0 saturated carbocycles. The van der Waals surface area contributed by atoms with E-state index in [1.165, 1.54) is 0 Å². The predicted molar refractivity (Wildman–Crippen MR) is 54.4 cm³/mol. The maximum absolute atomic E-state index is 11.7. The van der Waals surface area contributed by atoms with Gasteiger partial charge in [-0.1, -0.05) is 13.8 Å². The normalized spacial score (nSPS) is 22.6. The van der Waals surface area contributed by atoms with Crippen LogP contribution in [0.4, 0.5) is 0 Å². The van der Waals surface area contributed by atoms with E-state index in [9.17, 15) is 4.79 Å². The van der Waals surface area contributed by atoms with Gasteiger partial charge < -0.3 is 4.90 Å². The summed E-state index contributed by atoms with van der Waals surface area (Å²) in [4.78, 5) is 13.6. The molecule has 1 atom stereocenters. The lowest BCUT2D eigenvalue weighted by Crippen LogP contribution is -2.46. The highest BCUT2D eigenvalue weighted by Crippen LogP contribution is 2.30. The topological polar surface area (TPSA) is 44.1 Å². The van der Waals surface area contributed by atoms with E-state index in [0.29, 0.717) is 13.0 Å². The molecule has 78 valence electrons. The van der Waals surface area contributed by atoms with Crippen LogP contribution in [0.3, 0.4) is 0 Å². The van der Waals surface area contributed by atoms with E-state index >= 15 is 0 Å². The maximum atomic E-state index is 11.7. The van der Waals surface area contributed by atoms with Crippen LogP contribution in [0.25, 0.3) is 0 Å². The van der Waals surface area contributed by atoms with E-state index in [0.717, 1.165) is 12.8 Å². The Hall–Kier alpha value is -1.04. The van der Waals surface area contributed by atoms with Crippen molar-refractivity contribution in [3.8, 4) is 6.07 Å². The van der Waals surface area contributed by atoms with Crippen LogP contribution >= 0.6 is 0 Å². The van der Waals surface area contributed by atoms with Crippen molar-refractivity contribution in [3.05, 3.63) is 0 Å². The molecule has 3 heteroatoms. The third kappa shape index (κ3) is 1.75. The van der Waals surface area contributed by atoms with Gasteiger partial charge in [0.15, 0.2) is 0 Å². The fourth-order valence-corrected chi connectivity index (χ4v) is 1.95. The second-order valence-electron chi connectivity index (χ2n) is 4.24. The third-order valence-electron chi connectivity index (χ3n) is 3.48. The summed E-state index contributed by atoms with van der Waals surface area (Å²) in [6.07, 6.45) is 2.31. The number of nitrogens with zero attached hydrogens (tertiary/aromatic N) is 2. The van der Waals surface area contributed by atoms with Crippen molar-refractivity contribution in [2.75, 3.05) is 6.54 Å².